The molecule has 0 radical (unpaired) electrons. The van der Waals surface area contributed by atoms with Gasteiger partial charge in [-0.2, -0.15) is 0 Å². The lowest BCUT2D eigenvalue weighted by Gasteiger charge is -2.19. The van der Waals surface area contributed by atoms with Crippen LogP contribution in [0.2, 0.25) is 0 Å². The van der Waals surface area contributed by atoms with Crippen molar-refractivity contribution in [2.45, 2.75) is 32.2 Å². The first-order valence-electron chi connectivity index (χ1n) is 11.7. The zero-order valence-corrected chi connectivity index (χ0v) is 19.0. The van der Waals surface area contributed by atoms with Gasteiger partial charge in [-0.3, -0.25) is 14.3 Å². The smallest absolute Gasteiger partial charge is 0.282 e. The Morgan fingerprint density at radius 3 is 2.51 bits per heavy atom. The summed E-state index contributed by atoms with van der Waals surface area (Å²) in [6.45, 7) is 0.732. The Bertz CT molecular complexity index is 1580. The molecule has 0 N–H and O–H groups in total. The van der Waals surface area contributed by atoms with Gasteiger partial charge in [0, 0.05) is 37.8 Å². The minimum Gasteiger partial charge on any atom is -0.436 e. The van der Waals surface area contributed by atoms with E-state index in [0.717, 1.165) is 42.8 Å². The van der Waals surface area contributed by atoms with Crippen LogP contribution < -0.4 is 10.3 Å². The molecule has 0 fully saturated rings. The highest BCUT2D eigenvalue weighted by atomic mass is 16.5. The zero-order chi connectivity index (χ0) is 23.8. The molecule has 0 saturated carbocycles. The number of carbonyl (C=O) groups is 1. The predicted molar refractivity (Wildman–Crippen MR) is 131 cm³/mol. The van der Waals surface area contributed by atoms with Crippen molar-refractivity contribution >= 4 is 11.4 Å². The number of carbonyl (C=O) groups excluding carboxylic acids is 1. The van der Waals surface area contributed by atoms with Crippen molar-refractivity contribution in [1.29, 1.82) is 0 Å². The highest BCUT2D eigenvalue weighted by molar-refractivity contribution is 5.98. The molecule has 6 rings (SSSR count). The van der Waals surface area contributed by atoms with E-state index in [2.05, 4.69) is 9.97 Å². The Balaban J connectivity index is 1.26. The number of aromatic nitrogens is 5. The third-order valence-electron chi connectivity index (χ3n) is 6.34. The number of hydrogen-bond acceptors (Lipinski definition) is 5. The summed E-state index contributed by atoms with van der Waals surface area (Å²) in [5, 5.41) is 0. The molecular formula is C27H23N5O3. The van der Waals surface area contributed by atoms with Crippen LogP contribution in [0.25, 0.3) is 11.3 Å². The van der Waals surface area contributed by atoms with E-state index in [1.807, 2.05) is 57.7 Å². The van der Waals surface area contributed by atoms with Crippen LogP contribution >= 0.6 is 0 Å². The summed E-state index contributed by atoms with van der Waals surface area (Å²) in [6.07, 6.45) is 9.81. The predicted octanol–water partition coefficient (Wildman–Crippen LogP) is 4.24. The number of benzene rings is 2. The van der Waals surface area contributed by atoms with Crippen molar-refractivity contribution < 1.29 is 9.53 Å². The number of rotatable bonds is 6. The molecule has 0 saturated heterocycles. The fourth-order valence-corrected chi connectivity index (χ4v) is 4.70. The Hall–Kier alpha value is -4.46. The van der Waals surface area contributed by atoms with Gasteiger partial charge < -0.3 is 9.14 Å². The van der Waals surface area contributed by atoms with Gasteiger partial charge in [0.15, 0.2) is 5.78 Å². The van der Waals surface area contributed by atoms with E-state index in [1.54, 1.807) is 35.4 Å². The fraction of sp³-hybridized carbons (Fsp3) is 0.185. The minimum atomic E-state index is -0.239. The topological polar surface area (TPSA) is 83.4 Å². The molecule has 8 heteroatoms. The normalized spacial score (nSPS) is 13.0. The quantitative estimate of drug-likeness (QED) is 0.351. The number of para-hydroxylation sites is 1. The summed E-state index contributed by atoms with van der Waals surface area (Å²) >= 11 is 0. The molecule has 0 bridgehead atoms. The number of hydrogen-bond donors (Lipinski definition) is 0. The lowest BCUT2D eigenvalue weighted by molar-refractivity contribution is 0.0990. The molecule has 3 aromatic heterocycles. The van der Waals surface area contributed by atoms with Crippen LogP contribution in [0, 0.1) is 0 Å². The van der Waals surface area contributed by atoms with Crippen molar-refractivity contribution in [3.05, 3.63) is 107 Å². The summed E-state index contributed by atoms with van der Waals surface area (Å²) in [5.74, 6) is 0.841. The van der Waals surface area contributed by atoms with Gasteiger partial charge in [0.2, 0.25) is 5.65 Å². The second kappa shape index (κ2) is 8.72. The van der Waals surface area contributed by atoms with Crippen LogP contribution in [0.1, 0.15) is 34.5 Å². The van der Waals surface area contributed by atoms with Gasteiger partial charge in [0.25, 0.3) is 11.4 Å². The Labute approximate surface area is 201 Å². The molecule has 1 aliphatic heterocycles. The molecule has 2 aromatic carbocycles. The number of ketones is 1. The molecule has 35 heavy (non-hydrogen) atoms. The fourth-order valence-electron chi connectivity index (χ4n) is 4.70. The third-order valence-corrected chi connectivity index (χ3v) is 6.34. The molecule has 0 unspecified atom stereocenters. The Kier molecular flexibility index (Phi) is 5.25. The second-order valence-electron chi connectivity index (χ2n) is 8.59. The summed E-state index contributed by atoms with van der Waals surface area (Å²) in [7, 11) is 0. The van der Waals surface area contributed by atoms with Gasteiger partial charge in [-0.1, -0.05) is 30.3 Å². The van der Waals surface area contributed by atoms with E-state index < -0.39 is 0 Å². The van der Waals surface area contributed by atoms with E-state index in [0.29, 0.717) is 22.8 Å². The lowest BCUT2D eigenvalue weighted by atomic mass is 9.99. The molecular weight excluding hydrogens is 442 g/mol. The molecule has 0 atom stereocenters. The molecule has 0 spiro atoms. The van der Waals surface area contributed by atoms with Gasteiger partial charge in [0.1, 0.15) is 11.3 Å². The van der Waals surface area contributed by atoms with Crippen LogP contribution in [0.4, 0.5) is 0 Å². The maximum Gasteiger partial charge on any atom is 0.282 e. The molecule has 5 aromatic rings. The first kappa shape index (κ1) is 21.1. The maximum atomic E-state index is 13.4. The molecule has 8 nitrogen and oxygen atoms in total. The van der Waals surface area contributed by atoms with Crippen molar-refractivity contribution in [2.75, 3.05) is 0 Å². The van der Waals surface area contributed by atoms with Gasteiger partial charge >= 0.3 is 0 Å². The second-order valence-corrected chi connectivity index (χ2v) is 8.59. The van der Waals surface area contributed by atoms with Crippen molar-refractivity contribution in [3.8, 4) is 17.3 Å². The van der Waals surface area contributed by atoms with E-state index in [1.165, 1.54) is 0 Å². The lowest BCUT2D eigenvalue weighted by Crippen LogP contribution is -2.24. The third kappa shape index (κ3) is 3.82. The zero-order valence-electron chi connectivity index (χ0n) is 19.0. The first-order chi connectivity index (χ1) is 17.2. The standard InChI is InChI=1S/C27H23N5O3/c33-23(24-22-8-4-5-15-31(22)32(27(24)34)20-6-2-1-3-7-20)18-19-9-11-21(12-10-19)35-26-25-28-13-16-30(25)17-14-29-26/h1-3,6-7,9-14,16-17H,4-5,8,15,18H2. The van der Waals surface area contributed by atoms with Crippen LogP contribution in [-0.4, -0.2) is 29.5 Å². The Morgan fingerprint density at radius 1 is 0.943 bits per heavy atom. The van der Waals surface area contributed by atoms with Crippen molar-refractivity contribution in [1.82, 2.24) is 23.7 Å². The largest absolute Gasteiger partial charge is 0.436 e. The van der Waals surface area contributed by atoms with Crippen molar-refractivity contribution in [2.24, 2.45) is 0 Å². The summed E-state index contributed by atoms with van der Waals surface area (Å²) in [5.41, 5.74) is 3.13. The van der Waals surface area contributed by atoms with E-state index >= 15 is 0 Å². The van der Waals surface area contributed by atoms with Crippen LogP contribution in [0.15, 0.2) is 84.2 Å². The molecule has 4 heterocycles. The van der Waals surface area contributed by atoms with Gasteiger partial charge in [-0.05, 0) is 49.1 Å². The van der Waals surface area contributed by atoms with E-state index in [-0.39, 0.29) is 17.8 Å². The number of imidazole rings is 1. The maximum absolute atomic E-state index is 13.4. The molecule has 0 amide bonds. The average molecular weight is 466 g/mol. The minimum absolute atomic E-state index is 0.148. The van der Waals surface area contributed by atoms with E-state index in [9.17, 15) is 9.59 Å². The summed E-state index contributed by atoms with van der Waals surface area (Å²) in [4.78, 5) is 35.3. The monoisotopic (exact) mass is 465 g/mol. The van der Waals surface area contributed by atoms with Gasteiger partial charge in [0.05, 0.1) is 11.4 Å². The van der Waals surface area contributed by atoms with Crippen LogP contribution in [-0.2, 0) is 19.4 Å². The van der Waals surface area contributed by atoms with E-state index in [4.69, 9.17) is 4.74 Å². The summed E-state index contributed by atoms with van der Waals surface area (Å²) in [6, 6.07) is 16.8. The highest BCUT2D eigenvalue weighted by Gasteiger charge is 2.27. The van der Waals surface area contributed by atoms with Crippen LogP contribution in [0.3, 0.4) is 0 Å². The van der Waals surface area contributed by atoms with Gasteiger partial charge in [-0.25, -0.2) is 14.6 Å². The Morgan fingerprint density at radius 2 is 1.71 bits per heavy atom. The summed E-state index contributed by atoms with van der Waals surface area (Å²) < 4.78 is 11.4. The van der Waals surface area contributed by atoms with Gasteiger partial charge in [-0.15, -0.1) is 0 Å². The number of ether oxygens (including phenoxy) is 1. The number of Topliss-reactive ketones (excluding diaryl/α,β-unsaturated/α-hetero) is 1. The SMILES string of the molecule is O=C(Cc1ccc(Oc2nccn3ccnc23)cc1)c1c2n(n(-c3ccccc3)c1=O)CCCC2. The molecule has 0 aliphatic carbocycles. The number of fused-ring (bicyclic) bond motifs is 2. The van der Waals surface area contributed by atoms with Crippen LogP contribution in [0.5, 0.6) is 11.6 Å². The van der Waals surface area contributed by atoms with Crippen molar-refractivity contribution in [3.63, 3.8) is 0 Å². The first-order valence-corrected chi connectivity index (χ1v) is 11.7. The highest BCUT2D eigenvalue weighted by Crippen LogP contribution is 2.24. The average Bonchev–Trinajstić information content (AvgIpc) is 3.48. The molecule has 1 aliphatic rings. The number of nitrogens with zero attached hydrogens (tertiary/aromatic N) is 5. The molecule has 174 valence electrons.